The molecule has 0 aromatic heterocycles. The molecule has 0 aromatic rings. The minimum Gasteiger partial charge on any atom is -0.387 e. The molecule has 0 aromatic carbocycles. The number of amidine groups is 1. The lowest BCUT2D eigenvalue weighted by Gasteiger charge is -2.31. The Morgan fingerprint density at radius 1 is 1.41 bits per heavy atom. The molecule has 3 N–H and O–H groups in total. The van der Waals surface area contributed by atoms with Crippen molar-refractivity contribution in [2.45, 2.75) is 52.9 Å². The molecule has 1 unspecified atom stereocenters. The highest BCUT2D eigenvalue weighted by Gasteiger charge is 2.21. The third kappa shape index (κ3) is 5.07. The van der Waals surface area contributed by atoms with Gasteiger partial charge in [-0.15, -0.1) is 0 Å². The Labute approximate surface area is 106 Å². The van der Waals surface area contributed by atoms with Crippen LogP contribution >= 0.6 is 0 Å². The number of hydrogen-bond donors (Lipinski definition) is 2. The zero-order valence-electron chi connectivity index (χ0n) is 11.8. The van der Waals surface area contributed by atoms with Crippen molar-refractivity contribution in [3.8, 4) is 0 Å². The number of likely N-dealkylation sites (tertiary alicyclic amines) is 1. The number of rotatable bonds is 6. The van der Waals surface area contributed by atoms with Crippen molar-refractivity contribution in [3.05, 3.63) is 0 Å². The van der Waals surface area contributed by atoms with Gasteiger partial charge in [0.15, 0.2) is 0 Å². The molecule has 1 aliphatic heterocycles. The van der Waals surface area contributed by atoms with Crippen LogP contribution in [-0.4, -0.2) is 30.4 Å². The molecule has 0 radical (unpaired) electrons. The first-order valence-corrected chi connectivity index (χ1v) is 6.98. The van der Waals surface area contributed by atoms with Crippen molar-refractivity contribution in [2.75, 3.05) is 19.6 Å². The zero-order valence-corrected chi connectivity index (χ0v) is 11.8. The van der Waals surface area contributed by atoms with Crippen LogP contribution in [-0.2, 0) is 0 Å². The number of piperidine rings is 1. The van der Waals surface area contributed by atoms with Crippen LogP contribution in [0.5, 0.6) is 0 Å². The normalized spacial score (nSPS) is 22.6. The van der Waals surface area contributed by atoms with E-state index in [2.05, 4.69) is 25.7 Å². The molecular formula is C14H29N3. The lowest BCUT2D eigenvalue weighted by atomic mass is 9.86. The minimum atomic E-state index is -0.116. The fourth-order valence-corrected chi connectivity index (χ4v) is 2.53. The van der Waals surface area contributed by atoms with Gasteiger partial charge in [-0.3, -0.25) is 5.41 Å². The molecule has 1 heterocycles. The van der Waals surface area contributed by atoms with Crippen LogP contribution in [0.1, 0.15) is 52.9 Å². The van der Waals surface area contributed by atoms with E-state index in [0.717, 1.165) is 12.3 Å². The van der Waals surface area contributed by atoms with Crippen molar-refractivity contribution in [1.82, 2.24) is 4.90 Å². The summed E-state index contributed by atoms with van der Waals surface area (Å²) in [4.78, 5) is 2.59. The van der Waals surface area contributed by atoms with E-state index in [1.54, 1.807) is 0 Å². The maximum absolute atomic E-state index is 7.52. The van der Waals surface area contributed by atoms with E-state index in [-0.39, 0.29) is 5.41 Å². The molecule has 17 heavy (non-hydrogen) atoms. The molecule has 1 fully saturated rings. The molecule has 0 spiro atoms. The molecule has 100 valence electrons. The van der Waals surface area contributed by atoms with E-state index in [1.165, 1.54) is 45.3 Å². The fraction of sp³-hybridized carbons (Fsp3) is 0.929. The molecule has 3 nitrogen and oxygen atoms in total. The molecule has 0 saturated carbocycles. The van der Waals surface area contributed by atoms with E-state index >= 15 is 0 Å². The highest BCUT2D eigenvalue weighted by molar-refractivity contribution is 5.82. The average Bonchev–Trinajstić information content (AvgIpc) is 2.24. The SMILES string of the molecule is CC1CCCN(CCCCC(C)(C)C(=N)N)C1. The molecular weight excluding hydrogens is 210 g/mol. The average molecular weight is 239 g/mol. The zero-order chi connectivity index (χ0) is 12.9. The molecule has 0 amide bonds. The van der Waals surface area contributed by atoms with Gasteiger partial charge in [0.2, 0.25) is 0 Å². The van der Waals surface area contributed by atoms with Gasteiger partial charge in [-0.1, -0.05) is 27.2 Å². The van der Waals surface area contributed by atoms with Gasteiger partial charge in [-0.2, -0.15) is 0 Å². The molecule has 1 aliphatic rings. The van der Waals surface area contributed by atoms with Gasteiger partial charge < -0.3 is 10.6 Å². The minimum absolute atomic E-state index is 0.116. The summed E-state index contributed by atoms with van der Waals surface area (Å²) in [7, 11) is 0. The van der Waals surface area contributed by atoms with Gasteiger partial charge in [0, 0.05) is 12.0 Å². The lowest BCUT2D eigenvalue weighted by Crippen LogP contribution is -2.35. The van der Waals surface area contributed by atoms with E-state index < -0.39 is 0 Å². The van der Waals surface area contributed by atoms with E-state index in [4.69, 9.17) is 11.1 Å². The molecule has 0 bridgehead atoms. The van der Waals surface area contributed by atoms with Crippen LogP contribution in [0.4, 0.5) is 0 Å². The second-order valence-corrected chi connectivity index (χ2v) is 6.30. The van der Waals surface area contributed by atoms with Gasteiger partial charge in [-0.05, 0) is 44.7 Å². The monoisotopic (exact) mass is 239 g/mol. The number of nitrogens with one attached hydrogen (secondary N) is 1. The summed E-state index contributed by atoms with van der Waals surface area (Å²) in [6, 6.07) is 0. The smallest absolute Gasteiger partial charge is 0.0963 e. The quantitative estimate of drug-likeness (QED) is 0.425. The van der Waals surface area contributed by atoms with Crippen molar-refractivity contribution in [3.63, 3.8) is 0 Å². The first-order chi connectivity index (χ1) is 7.92. The van der Waals surface area contributed by atoms with Crippen LogP contribution in [0.3, 0.4) is 0 Å². The Hall–Kier alpha value is -0.570. The van der Waals surface area contributed by atoms with Crippen LogP contribution in [0, 0.1) is 16.7 Å². The van der Waals surface area contributed by atoms with E-state index in [9.17, 15) is 0 Å². The van der Waals surface area contributed by atoms with Crippen LogP contribution in [0.2, 0.25) is 0 Å². The van der Waals surface area contributed by atoms with Crippen molar-refractivity contribution >= 4 is 5.84 Å². The van der Waals surface area contributed by atoms with Gasteiger partial charge in [-0.25, -0.2) is 0 Å². The third-order valence-electron chi connectivity index (χ3n) is 4.00. The summed E-state index contributed by atoms with van der Waals surface area (Å²) in [6.07, 6.45) is 6.21. The highest BCUT2D eigenvalue weighted by atomic mass is 15.1. The van der Waals surface area contributed by atoms with Gasteiger partial charge in [0.1, 0.15) is 0 Å². The van der Waals surface area contributed by atoms with E-state index in [0.29, 0.717) is 5.84 Å². The van der Waals surface area contributed by atoms with Crippen molar-refractivity contribution in [1.29, 1.82) is 5.41 Å². The highest BCUT2D eigenvalue weighted by Crippen LogP contribution is 2.23. The van der Waals surface area contributed by atoms with Gasteiger partial charge in [0.25, 0.3) is 0 Å². The molecule has 1 rings (SSSR count). The summed E-state index contributed by atoms with van der Waals surface area (Å²) in [5.74, 6) is 1.20. The van der Waals surface area contributed by atoms with Crippen molar-refractivity contribution in [2.24, 2.45) is 17.1 Å². The Kier molecular flexibility index (Phi) is 5.44. The summed E-state index contributed by atoms with van der Waals surface area (Å²) < 4.78 is 0. The second-order valence-electron chi connectivity index (χ2n) is 6.30. The predicted molar refractivity (Wildman–Crippen MR) is 74.4 cm³/mol. The topological polar surface area (TPSA) is 53.1 Å². The first kappa shape index (κ1) is 14.5. The Bertz CT molecular complexity index is 248. The summed E-state index contributed by atoms with van der Waals surface area (Å²) >= 11 is 0. The van der Waals surface area contributed by atoms with Gasteiger partial charge >= 0.3 is 0 Å². The summed E-state index contributed by atoms with van der Waals surface area (Å²) in [5.41, 5.74) is 5.47. The lowest BCUT2D eigenvalue weighted by molar-refractivity contribution is 0.179. The Morgan fingerprint density at radius 2 is 2.12 bits per heavy atom. The molecule has 1 saturated heterocycles. The predicted octanol–water partition coefficient (Wildman–Crippen LogP) is 2.85. The van der Waals surface area contributed by atoms with Crippen molar-refractivity contribution < 1.29 is 0 Å². The first-order valence-electron chi connectivity index (χ1n) is 6.98. The van der Waals surface area contributed by atoms with Gasteiger partial charge in [0.05, 0.1) is 5.84 Å². The standard InChI is InChI=1S/C14H29N3/c1-12-7-6-10-17(11-12)9-5-4-8-14(2,3)13(15)16/h12H,4-11H2,1-3H3,(H3,15,16). The largest absolute Gasteiger partial charge is 0.387 e. The summed E-state index contributed by atoms with van der Waals surface area (Å²) in [6.45, 7) is 10.3. The molecule has 1 atom stereocenters. The maximum atomic E-state index is 7.52. The molecule has 0 aliphatic carbocycles. The Balaban J connectivity index is 2.13. The summed E-state index contributed by atoms with van der Waals surface area (Å²) in [5, 5.41) is 7.52. The number of unbranched alkanes of at least 4 members (excludes halogenated alkanes) is 1. The maximum Gasteiger partial charge on any atom is 0.0963 e. The second kappa shape index (κ2) is 6.39. The van der Waals surface area contributed by atoms with Crippen LogP contribution in [0.25, 0.3) is 0 Å². The fourth-order valence-electron chi connectivity index (χ4n) is 2.53. The van der Waals surface area contributed by atoms with Crippen LogP contribution in [0.15, 0.2) is 0 Å². The molecule has 3 heteroatoms. The number of nitrogens with zero attached hydrogens (tertiary/aromatic N) is 1. The third-order valence-corrected chi connectivity index (χ3v) is 4.00. The number of hydrogen-bond acceptors (Lipinski definition) is 2. The number of nitrogens with two attached hydrogens (primary N) is 1. The Morgan fingerprint density at radius 3 is 2.71 bits per heavy atom. The van der Waals surface area contributed by atoms with Crippen LogP contribution < -0.4 is 5.73 Å². The van der Waals surface area contributed by atoms with E-state index in [1.807, 2.05) is 0 Å².